The van der Waals surface area contributed by atoms with Crippen LogP contribution in [0.3, 0.4) is 0 Å². The first-order valence-electron chi connectivity index (χ1n) is 5.11. The van der Waals surface area contributed by atoms with Gasteiger partial charge in [-0.2, -0.15) is 18.2 Å². The minimum absolute atomic E-state index is 0.0350. The fraction of sp³-hybridized carbons (Fsp3) is 0.0909. The summed E-state index contributed by atoms with van der Waals surface area (Å²) >= 11 is 20.4. The van der Waals surface area contributed by atoms with Crippen LogP contribution >= 0.6 is 50.7 Å². The number of halogens is 7. The number of benzene rings is 1. The van der Waals surface area contributed by atoms with Crippen molar-refractivity contribution in [3.63, 3.8) is 0 Å². The minimum atomic E-state index is -4.67. The van der Waals surface area contributed by atoms with Gasteiger partial charge in [0.1, 0.15) is 5.75 Å². The van der Waals surface area contributed by atoms with Crippen LogP contribution in [-0.4, -0.2) is 9.97 Å². The highest BCUT2D eigenvalue weighted by atomic mass is 79.9. The summed E-state index contributed by atoms with van der Waals surface area (Å²) < 4.78 is 43.6. The second-order valence-corrected chi connectivity index (χ2v) is 5.66. The number of nitrogens with zero attached hydrogens (tertiary/aromatic N) is 2. The summed E-state index contributed by atoms with van der Waals surface area (Å²) in [6.45, 7) is 0. The molecule has 0 radical (unpaired) electrons. The molecule has 0 aliphatic rings. The van der Waals surface area contributed by atoms with Crippen LogP contribution < -0.4 is 4.74 Å². The standard InChI is InChI=1S/C11H3BrCl3F3N2O/c12-4-1-6(14)7(2-5(4)13)21-9-3-8(11(16,17)18)19-10(15)20-9/h1-3H. The quantitative estimate of drug-likeness (QED) is 0.439. The number of hydrogen-bond donors (Lipinski definition) is 0. The Labute approximate surface area is 140 Å². The van der Waals surface area contributed by atoms with E-state index in [1.807, 2.05) is 0 Å². The zero-order valence-corrected chi connectivity index (χ0v) is 13.5. The summed E-state index contributed by atoms with van der Waals surface area (Å²) in [5.74, 6) is -0.365. The van der Waals surface area contributed by atoms with Crippen LogP contribution in [0.2, 0.25) is 15.3 Å². The zero-order chi connectivity index (χ0) is 15.8. The summed E-state index contributed by atoms with van der Waals surface area (Å²) in [6.07, 6.45) is -4.67. The van der Waals surface area contributed by atoms with Crippen LogP contribution in [0.4, 0.5) is 13.2 Å². The van der Waals surface area contributed by atoms with Crippen molar-refractivity contribution in [2.75, 3.05) is 0 Å². The van der Waals surface area contributed by atoms with Gasteiger partial charge < -0.3 is 4.74 Å². The number of aromatic nitrogens is 2. The summed E-state index contributed by atoms with van der Waals surface area (Å²) in [4.78, 5) is 6.64. The van der Waals surface area contributed by atoms with E-state index < -0.39 is 23.0 Å². The molecule has 0 atom stereocenters. The van der Waals surface area contributed by atoms with Crippen molar-refractivity contribution in [3.05, 3.63) is 43.7 Å². The normalized spacial score (nSPS) is 11.6. The highest BCUT2D eigenvalue weighted by Crippen LogP contribution is 2.37. The molecule has 1 heterocycles. The third-order valence-corrected chi connectivity index (χ3v) is 3.82. The number of ether oxygens (including phenoxy) is 1. The van der Waals surface area contributed by atoms with Crippen LogP contribution in [0.15, 0.2) is 22.7 Å². The molecule has 0 bridgehead atoms. The van der Waals surface area contributed by atoms with E-state index >= 15 is 0 Å². The summed E-state index contributed by atoms with van der Waals surface area (Å²) in [5.41, 5.74) is -1.23. The topological polar surface area (TPSA) is 35.0 Å². The van der Waals surface area contributed by atoms with E-state index in [4.69, 9.17) is 39.5 Å². The molecular formula is C11H3BrCl3F3N2O. The Hall–Kier alpha value is -0.760. The summed E-state index contributed by atoms with van der Waals surface area (Å²) in [6, 6.07) is 3.38. The monoisotopic (exact) mass is 420 g/mol. The van der Waals surface area contributed by atoms with E-state index in [1.54, 1.807) is 0 Å². The second-order valence-electron chi connectivity index (χ2n) is 3.66. The van der Waals surface area contributed by atoms with Crippen molar-refractivity contribution >= 4 is 50.7 Å². The van der Waals surface area contributed by atoms with Crippen LogP contribution in [-0.2, 0) is 6.18 Å². The van der Waals surface area contributed by atoms with Crippen molar-refractivity contribution < 1.29 is 17.9 Å². The molecule has 1 aromatic heterocycles. The predicted octanol–water partition coefficient (Wildman–Crippen LogP) is 6.01. The first-order valence-corrected chi connectivity index (χ1v) is 7.03. The predicted molar refractivity (Wildman–Crippen MR) is 76.3 cm³/mol. The third-order valence-electron chi connectivity index (χ3n) is 2.16. The molecule has 2 rings (SSSR count). The van der Waals surface area contributed by atoms with Gasteiger partial charge in [-0.05, 0) is 33.6 Å². The fourth-order valence-corrected chi connectivity index (χ4v) is 2.29. The van der Waals surface area contributed by atoms with Gasteiger partial charge in [0, 0.05) is 16.6 Å². The Morgan fingerprint density at radius 1 is 1.00 bits per heavy atom. The maximum Gasteiger partial charge on any atom is 0.433 e. The Morgan fingerprint density at radius 3 is 2.29 bits per heavy atom. The molecule has 3 nitrogen and oxygen atoms in total. The lowest BCUT2D eigenvalue weighted by molar-refractivity contribution is -0.141. The molecule has 0 saturated heterocycles. The number of alkyl halides is 3. The van der Waals surface area contributed by atoms with Crippen LogP contribution in [0.1, 0.15) is 5.69 Å². The molecule has 112 valence electrons. The summed E-state index contributed by atoms with van der Waals surface area (Å²) in [5, 5.41) is -0.195. The van der Waals surface area contributed by atoms with Crippen molar-refractivity contribution in [2.45, 2.75) is 6.18 Å². The van der Waals surface area contributed by atoms with E-state index in [0.717, 1.165) is 0 Å². The molecule has 10 heteroatoms. The molecule has 0 aliphatic carbocycles. The Bertz CT molecular complexity index is 697. The SMILES string of the molecule is FC(F)(F)c1cc(Oc2cc(Cl)c(Br)cc2Cl)nc(Cl)n1. The third kappa shape index (κ3) is 4.12. The lowest BCUT2D eigenvalue weighted by Crippen LogP contribution is -2.09. The molecule has 0 unspecified atom stereocenters. The Morgan fingerprint density at radius 2 is 1.67 bits per heavy atom. The van der Waals surface area contributed by atoms with Crippen molar-refractivity contribution in [2.24, 2.45) is 0 Å². The van der Waals surface area contributed by atoms with E-state index in [-0.39, 0.29) is 15.8 Å². The molecule has 2 aromatic rings. The molecule has 0 amide bonds. The molecule has 0 aliphatic heterocycles. The Kier molecular flexibility index (Phi) is 4.87. The van der Waals surface area contributed by atoms with Gasteiger partial charge in [-0.1, -0.05) is 23.2 Å². The van der Waals surface area contributed by atoms with Crippen molar-refractivity contribution in [1.82, 2.24) is 9.97 Å². The molecule has 0 spiro atoms. The molecular weight excluding hydrogens is 419 g/mol. The van der Waals surface area contributed by atoms with Crippen LogP contribution in [0, 0.1) is 0 Å². The lowest BCUT2D eigenvalue weighted by atomic mass is 10.3. The number of hydrogen-bond acceptors (Lipinski definition) is 3. The van der Waals surface area contributed by atoms with Gasteiger partial charge in [0.25, 0.3) is 0 Å². The maximum atomic E-state index is 12.6. The lowest BCUT2D eigenvalue weighted by Gasteiger charge is -2.10. The van der Waals surface area contributed by atoms with Crippen molar-refractivity contribution in [1.29, 1.82) is 0 Å². The number of rotatable bonds is 2. The fourth-order valence-electron chi connectivity index (χ4n) is 1.29. The summed E-state index contributed by atoms with van der Waals surface area (Å²) in [7, 11) is 0. The average Bonchev–Trinajstić information content (AvgIpc) is 2.34. The van der Waals surface area contributed by atoms with E-state index in [1.165, 1.54) is 12.1 Å². The second kappa shape index (κ2) is 6.16. The molecule has 21 heavy (non-hydrogen) atoms. The van der Waals surface area contributed by atoms with E-state index in [9.17, 15) is 13.2 Å². The average molecular weight is 422 g/mol. The van der Waals surface area contributed by atoms with Gasteiger partial charge in [0.15, 0.2) is 5.69 Å². The zero-order valence-electron chi connectivity index (χ0n) is 9.68. The highest BCUT2D eigenvalue weighted by Gasteiger charge is 2.34. The van der Waals surface area contributed by atoms with Gasteiger partial charge in [0.05, 0.1) is 10.0 Å². The highest BCUT2D eigenvalue weighted by molar-refractivity contribution is 9.10. The van der Waals surface area contributed by atoms with Gasteiger partial charge >= 0.3 is 6.18 Å². The van der Waals surface area contributed by atoms with Gasteiger partial charge in [-0.25, -0.2) is 4.98 Å². The van der Waals surface area contributed by atoms with Gasteiger partial charge in [-0.3, -0.25) is 0 Å². The molecule has 0 N–H and O–H groups in total. The van der Waals surface area contributed by atoms with Gasteiger partial charge in [-0.15, -0.1) is 0 Å². The first-order chi connectivity index (χ1) is 9.66. The smallest absolute Gasteiger partial charge is 0.433 e. The molecule has 0 saturated carbocycles. The Balaban J connectivity index is 2.40. The minimum Gasteiger partial charge on any atom is -0.437 e. The molecule has 1 aromatic carbocycles. The first kappa shape index (κ1) is 16.6. The van der Waals surface area contributed by atoms with Crippen molar-refractivity contribution in [3.8, 4) is 11.6 Å². The maximum absolute atomic E-state index is 12.6. The van der Waals surface area contributed by atoms with E-state index in [2.05, 4.69) is 25.9 Å². The van der Waals surface area contributed by atoms with Crippen LogP contribution in [0.25, 0.3) is 0 Å². The van der Waals surface area contributed by atoms with Crippen LogP contribution in [0.5, 0.6) is 11.6 Å². The largest absolute Gasteiger partial charge is 0.437 e. The van der Waals surface area contributed by atoms with Gasteiger partial charge in [0.2, 0.25) is 11.2 Å². The molecule has 0 fully saturated rings. The van der Waals surface area contributed by atoms with E-state index in [0.29, 0.717) is 10.5 Å².